The number of oxazole rings is 1. The van der Waals surface area contributed by atoms with Crippen molar-refractivity contribution in [1.29, 1.82) is 0 Å². The molecule has 0 spiro atoms. The van der Waals surface area contributed by atoms with Crippen LogP contribution in [0, 0.1) is 6.92 Å². The second-order valence-electron chi connectivity index (χ2n) is 7.67. The summed E-state index contributed by atoms with van der Waals surface area (Å²) in [6.45, 7) is 1.94. The maximum absolute atomic E-state index is 12.5. The highest BCUT2D eigenvalue weighted by Crippen LogP contribution is 2.32. The highest BCUT2D eigenvalue weighted by molar-refractivity contribution is 6.33. The van der Waals surface area contributed by atoms with Gasteiger partial charge < -0.3 is 14.2 Å². The SMILES string of the molecule is Cc1ccc(-c2ccc(/C=C/C(=O)Nc3ccc(Cl)c(-c4nc5ccccc5o4)c3)o2)cc1Cl. The van der Waals surface area contributed by atoms with Gasteiger partial charge in [-0.3, -0.25) is 4.79 Å². The van der Waals surface area contributed by atoms with Crippen molar-refractivity contribution in [1.82, 2.24) is 4.98 Å². The van der Waals surface area contributed by atoms with Gasteiger partial charge in [0.25, 0.3) is 0 Å². The number of nitrogens with one attached hydrogen (secondary N) is 1. The molecule has 0 atom stereocenters. The van der Waals surface area contributed by atoms with Gasteiger partial charge in [0.2, 0.25) is 11.8 Å². The fraction of sp³-hybridized carbons (Fsp3) is 0.0370. The van der Waals surface area contributed by atoms with E-state index in [-0.39, 0.29) is 5.91 Å². The summed E-state index contributed by atoms with van der Waals surface area (Å²) in [5, 5.41) is 3.97. The molecule has 2 heterocycles. The molecule has 0 aliphatic carbocycles. The van der Waals surface area contributed by atoms with Crippen molar-refractivity contribution in [2.45, 2.75) is 6.92 Å². The number of benzene rings is 3. The number of aryl methyl sites for hydroxylation is 1. The number of halogens is 2. The standard InChI is InChI=1S/C27H18Cl2N2O3/c1-16-6-7-17(14-22(16)29)24-12-9-19(33-24)10-13-26(32)30-18-8-11-21(28)20(15-18)27-31-23-4-2-3-5-25(23)34-27/h2-15H,1H3,(H,30,32)/b13-10+. The molecule has 5 rings (SSSR count). The molecule has 3 aromatic carbocycles. The third-order valence-corrected chi connectivity index (χ3v) is 5.98. The van der Waals surface area contributed by atoms with Crippen molar-refractivity contribution >= 4 is 52.0 Å². The van der Waals surface area contributed by atoms with E-state index in [1.54, 1.807) is 30.3 Å². The second-order valence-corrected chi connectivity index (χ2v) is 8.48. The number of carbonyl (C=O) groups is 1. The summed E-state index contributed by atoms with van der Waals surface area (Å²) in [6, 6.07) is 21.9. The van der Waals surface area contributed by atoms with E-state index >= 15 is 0 Å². The predicted octanol–water partition coefficient (Wildman–Crippen LogP) is 8.02. The van der Waals surface area contributed by atoms with Crippen LogP contribution < -0.4 is 5.32 Å². The lowest BCUT2D eigenvalue weighted by Gasteiger charge is -2.05. The maximum atomic E-state index is 12.5. The molecule has 0 aliphatic heterocycles. The van der Waals surface area contributed by atoms with Crippen LogP contribution in [-0.4, -0.2) is 10.9 Å². The van der Waals surface area contributed by atoms with Crippen LogP contribution in [0.3, 0.4) is 0 Å². The molecule has 0 aliphatic rings. The van der Waals surface area contributed by atoms with Gasteiger partial charge in [0, 0.05) is 22.3 Å². The van der Waals surface area contributed by atoms with Crippen molar-refractivity contribution in [2.75, 3.05) is 5.32 Å². The molecule has 5 aromatic rings. The summed E-state index contributed by atoms with van der Waals surface area (Å²) in [4.78, 5) is 17.0. The van der Waals surface area contributed by atoms with E-state index in [1.165, 1.54) is 6.08 Å². The highest BCUT2D eigenvalue weighted by Gasteiger charge is 2.13. The number of nitrogens with zero attached hydrogens (tertiary/aromatic N) is 1. The van der Waals surface area contributed by atoms with Crippen LogP contribution >= 0.6 is 23.2 Å². The number of furan rings is 1. The predicted molar refractivity (Wildman–Crippen MR) is 136 cm³/mol. The zero-order valence-electron chi connectivity index (χ0n) is 18.0. The van der Waals surface area contributed by atoms with Crippen LogP contribution in [0.5, 0.6) is 0 Å². The van der Waals surface area contributed by atoms with Gasteiger partial charge in [0.15, 0.2) is 5.58 Å². The molecule has 2 aromatic heterocycles. The number of aromatic nitrogens is 1. The van der Waals surface area contributed by atoms with Crippen molar-refractivity contribution in [2.24, 2.45) is 0 Å². The molecule has 0 fully saturated rings. The summed E-state index contributed by atoms with van der Waals surface area (Å²) in [6.07, 6.45) is 3.00. The molecule has 168 valence electrons. The van der Waals surface area contributed by atoms with Gasteiger partial charge in [-0.05, 0) is 67.1 Å². The van der Waals surface area contributed by atoms with E-state index < -0.39 is 0 Å². The summed E-state index contributed by atoms with van der Waals surface area (Å²) in [5.41, 5.74) is 4.41. The Kier molecular flexibility index (Phi) is 5.97. The summed E-state index contributed by atoms with van der Waals surface area (Å²) in [7, 11) is 0. The lowest BCUT2D eigenvalue weighted by molar-refractivity contribution is -0.111. The number of hydrogen-bond donors (Lipinski definition) is 1. The zero-order valence-corrected chi connectivity index (χ0v) is 19.5. The fourth-order valence-electron chi connectivity index (χ4n) is 3.44. The van der Waals surface area contributed by atoms with Gasteiger partial charge in [0.1, 0.15) is 17.0 Å². The van der Waals surface area contributed by atoms with Gasteiger partial charge in [-0.25, -0.2) is 4.98 Å². The normalized spacial score (nSPS) is 11.4. The third kappa shape index (κ3) is 4.62. The first-order chi connectivity index (χ1) is 16.5. The van der Waals surface area contributed by atoms with Gasteiger partial charge in [-0.2, -0.15) is 0 Å². The zero-order chi connectivity index (χ0) is 23.7. The minimum absolute atomic E-state index is 0.317. The molecular formula is C27H18Cl2N2O3. The number of fused-ring (bicyclic) bond motifs is 1. The van der Waals surface area contributed by atoms with Crippen LogP contribution in [0.15, 0.2) is 87.7 Å². The van der Waals surface area contributed by atoms with Crippen molar-refractivity contribution in [3.8, 4) is 22.8 Å². The van der Waals surface area contributed by atoms with E-state index in [9.17, 15) is 4.79 Å². The number of amides is 1. The first kappa shape index (κ1) is 22.0. The van der Waals surface area contributed by atoms with Crippen LogP contribution in [0.25, 0.3) is 40.0 Å². The highest BCUT2D eigenvalue weighted by atomic mass is 35.5. The Hall–Kier alpha value is -3.80. The molecular weight excluding hydrogens is 471 g/mol. The molecule has 5 nitrogen and oxygen atoms in total. The number of para-hydroxylation sites is 2. The summed E-state index contributed by atoms with van der Waals surface area (Å²) in [5.74, 6) is 1.28. The van der Waals surface area contributed by atoms with Gasteiger partial charge in [0.05, 0.1) is 10.6 Å². The summed E-state index contributed by atoms with van der Waals surface area (Å²) < 4.78 is 11.6. The van der Waals surface area contributed by atoms with Crippen LogP contribution in [0.1, 0.15) is 11.3 Å². The summed E-state index contributed by atoms with van der Waals surface area (Å²) >= 11 is 12.6. The minimum Gasteiger partial charge on any atom is -0.457 e. The number of rotatable bonds is 5. The van der Waals surface area contributed by atoms with Gasteiger partial charge >= 0.3 is 0 Å². The van der Waals surface area contributed by atoms with E-state index in [4.69, 9.17) is 32.0 Å². The Bertz CT molecular complexity index is 1520. The molecule has 0 saturated carbocycles. The van der Waals surface area contributed by atoms with Gasteiger partial charge in [-0.1, -0.05) is 47.5 Å². The maximum Gasteiger partial charge on any atom is 0.248 e. The first-order valence-electron chi connectivity index (χ1n) is 10.5. The Morgan fingerprint density at radius 1 is 0.941 bits per heavy atom. The second kappa shape index (κ2) is 9.21. The minimum atomic E-state index is -0.317. The largest absolute Gasteiger partial charge is 0.457 e. The van der Waals surface area contributed by atoms with Gasteiger partial charge in [-0.15, -0.1) is 0 Å². The quantitative estimate of drug-likeness (QED) is 0.254. The average Bonchev–Trinajstić information content (AvgIpc) is 3.48. The third-order valence-electron chi connectivity index (χ3n) is 5.24. The average molecular weight is 489 g/mol. The van der Waals surface area contributed by atoms with Crippen molar-refractivity contribution < 1.29 is 13.6 Å². The van der Waals surface area contributed by atoms with E-state index in [1.807, 2.05) is 55.5 Å². The number of anilines is 1. The molecule has 1 N–H and O–H groups in total. The molecule has 0 radical (unpaired) electrons. The first-order valence-corrected chi connectivity index (χ1v) is 11.2. The van der Waals surface area contributed by atoms with E-state index in [0.717, 1.165) is 16.6 Å². The lowest BCUT2D eigenvalue weighted by atomic mass is 10.1. The van der Waals surface area contributed by atoms with Crippen molar-refractivity contribution in [3.63, 3.8) is 0 Å². The topological polar surface area (TPSA) is 68.3 Å². The Balaban J connectivity index is 1.31. The van der Waals surface area contributed by atoms with E-state index in [2.05, 4.69) is 10.3 Å². The lowest BCUT2D eigenvalue weighted by Crippen LogP contribution is -2.07. The molecule has 0 bridgehead atoms. The molecule has 1 amide bonds. The van der Waals surface area contributed by atoms with Crippen molar-refractivity contribution in [3.05, 3.63) is 100 Å². The van der Waals surface area contributed by atoms with Crippen LogP contribution in [-0.2, 0) is 4.79 Å². The molecule has 0 saturated heterocycles. The monoisotopic (exact) mass is 488 g/mol. The Morgan fingerprint density at radius 2 is 1.79 bits per heavy atom. The fourth-order valence-corrected chi connectivity index (χ4v) is 3.82. The molecule has 0 unspecified atom stereocenters. The van der Waals surface area contributed by atoms with Crippen LogP contribution in [0.2, 0.25) is 10.0 Å². The Labute approximate surface area is 205 Å². The Morgan fingerprint density at radius 3 is 2.62 bits per heavy atom. The molecule has 7 heteroatoms. The number of hydrogen-bond acceptors (Lipinski definition) is 4. The smallest absolute Gasteiger partial charge is 0.248 e. The van der Waals surface area contributed by atoms with E-state index in [0.29, 0.717) is 44.3 Å². The number of carbonyl (C=O) groups excluding carboxylic acids is 1. The molecule has 34 heavy (non-hydrogen) atoms. The van der Waals surface area contributed by atoms with Crippen LogP contribution in [0.4, 0.5) is 5.69 Å².